The van der Waals surface area contributed by atoms with Crippen molar-refractivity contribution in [3.63, 3.8) is 0 Å². The summed E-state index contributed by atoms with van der Waals surface area (Å²) in [4.78, 5) is 8.79. The normalized spacial score (nSPS) is 11.9. The average Bonchev–Trinajstić information content (AvgIpc) is 2.64. The van der Waals surface area contributed by atoms with E-state index in [2.05, 4.69) is 57.1 Å². The van der Waals surface area contributed by atoms with Crippen LogP contribution in [0, 0.1) is 13.8 Å². The molecular formula is C14H20BrN5. The molecule has 108 valence electrons. The van der Waals surface area contributed by atoms with Crippen molar-refractivity contribution in [2.45, 2.75) is 46.7 Å². The third-order valence-electron chi connectivity index (χ3n) is 2.91. The lowest BCUT2D eigenvalue weighted by atomic mass is 10.1. The number of hydrogen-bond acceptors (Lipinski definition) is 4. The van der Waals surface area contributed by atoms with Crippen molar-refractivity contribution in [3.8, 4) is 5.95 Å². The van der Waals surface area contributed by atoms with Gasteiger partial charge in [-0.05, 0) is 50.5 Å². The van der Waals surface area contributed by atoms with E-state index in [1.165, 1.54) is 0 Å². The standard InChI is InChI=1S/C14H20BrN5/c1-9-12(15)10(2)20(19-9)13-16-6-11(7-17-13)8-18-14(3,4)5/h6-7,18H,8H2,1-5H3. The van der Waals surface area contributed by atoms with E-state index >= 15 is 0 Å². The van der Waals surface area contributed by atoms with Crippen molar-refractivity contribution in [1.82, 2.24) is 25.1 Å². The molecule has 0 spiro atoms. The molecule has 1 N–H and O–H groups in total. The van der Waals surface area contributed by atoms with E-state index in [1.807, 2.05) is 26.2 Å². The number of nitrogens with zero attached hydrogens (tertiary/aromatic N) is 4. The summed E-state index contributed by atoms with van der Waals surface area (Å²) in [6, 6.07) is 0. The summed E-state index contributed by atoms with van der Waals surface area (Å²) >= 11 is 3.51. The zero-order valence-corrected chi connectivity index (χ0v) is 14.1. The van der Waals surface area contributed by atoms with Gasteiger partial charge in [-0.1, -0.05) is 0 Å². The largest absolute Gasteiger partial charge is 0.308 e. The van der Waals surface area contributed by atoms with Crippen LogP contribution in [0.3, 0.4) is 0 Å². The number of aromatic nitrogens is 4. The van der Waals surface area contributed by atoms with Crippen LogP contribution in [0.1, 0.15) is 37.7 Å². The number of halogens is 1. The van der Waals surface area contributed by atoms with Crippen molar-refractivity contribution >= 4 is 15.9 Å². The molecule has 2 rings (SSSR count). The summed E-state index contributed by atoms with van der Waals surface area (Å²) in [5.74, 6) is 0.593. The minimum Gasteiger partial charge on any atom is -0.308 e. The van der Waals surface area contributed by atoms with Crippen molar-refractivity contribution in [3.05, 3.63) is 33.8 Å². The number of nitrogens with one attached hydrogen (secondary N) is 1. The van der Waals surface area contributed by atoms with Crippen molar-refractivity contribution < 1.29 is 0 Å². The topological polar surface area (TPSA) is 55.6 Å². The van der Waals surface area contributed by atoms with Crippen molar-refractivity contribution in [2.75, 3.05) is 0 Å². The molecule has 0 aromatic carbocycles. The zero-order chi connectivity index (χ0) is 14.9. The predicted molar refractivity (Wildman–Crippen MR) is 82.9 cm³/mol. The van der Waals surface area contributed by atoms with Gasteiger partial charge in [0.15, 0.2) is 0 Å². The number of hydrogen-bond donors (Lipinski definition) is 1. The van der Waals surface area contributed by atoms with Crippen LogP contribution in [0.15, 0.2) is 16.9 Å². The minimum atomic E-state index is 0.0826. The Hall–Kier alpha value is -1.27. The van der Waals surface area contributed by atoms with Gasteiger partial charge in [0, 0.05) is 30.0 Å². The number of aryl methyl sites for hydroxylation is 1. The summed E-state index contributed by atoms with van der Waals surface area (Å²) in [6.07, 6.45) is 3.68. The highest BCUT2D eigenvalue weighted by atomic mass is 79.9. The lowest BCUT2D eigenvalue weighted by molar-refractivity contribution is 0.423. The van der Waals surface area contributed by atoms with E-state index in [1.54, 1.807) is 4.68 Å². The molecule has 5 nitrogen and oxygen atoms in total. The molecule has 20 heavy (non-hydrogen) atoms. The number of rotatable bonds is 3. The maximum atomic E-state index is 4.42. The van der Waals surface area contributed by atoms with Gasteiger partial charge in [0.05, 0.1) is 15.9 Å². The molecule has 0 atom stereocenters. The summed E-state index contributed by atoms with van der Waals surface area (Å²) in [6.45, 7) is 11.1. The van der Waals surface area contributed by atoms with E-state index < -0.39 is 0 Å². The Labute approximate surface area is 128 Å². The molecule has 0 aliphatic heterocycles. The monoisotopic (exact) mass is 337 g/mol. The van der Waals surface area contributed by atoms with Gasteiger partial charge in [-0.2, -0.15) is 5.10 Å². The molecule has 0 bridgehead atoms. The molecule has 2 heterocycles. The van der Waals surface area contributed by atoms with Gasteiger partial charge < -0.3 is 5.32 Å². The van der Waals surface area contributed by atoms with Crippen molar-refractivity contribution in [1.29, 1.82) is 0 Å². The molecule has 2 aromatic rings. The van der Waals surface area contributed by atoms with Gasteiger partial charge in [-0.3, -0.25) is 0 Å². The van der Waals surface area contributed by atoms with Gasteiger partial charge >= 0.3 is 0 Å². The summed E-state index contributed by atoms with van der Waals surface area (Å²) < 4.78 is 2.75. The maximum Gasteiger partial charge on any atom is 0.250 e. The predicted octanol–water partition coefficient (Wildman–Crippen LogP) is 2.93. The maximum absolute atomic E-state index is 4.42. The first-order chi connectivity index (χ1) is 9.28. The average molecular weight is 338 g/mol. The zero-order valence-electron chi connectivity index (χ0n) is 12.5. The molecule has 0 radical (unpaired) electrons. The Bertz CT molecular complexity index is 595. The Morgan fingerprint density at radius 3 is 2.25 bits per heavy atom. The lowest BCUT2D eigenvalue weighted by Gasteiger charge is -2.20. The quantitative estimate of drug-likeness (QED) is 0.935. The second kappa shape index (κ2) is 5.61. The Morgan fingerprint density at radius 2 is 1.80 bits per heavy atom. The third kappa shape index (κ3) is 3.43. The van der Waals surface area contributed by atoms with Crippen LogP contribution >= 0.6 is 15.9 Å². The Balaban J connectivity index is 2.18. The van der Waals surface area contributed by atoms with Gasteiger partial charge in [0.1, 0.15) is 0 Å². The van der Waals surface area contributed by atoms with Crippen LogP contribution in [0.2, 0.25) is 0 Å². The fraction of sp³-hybridized carbons (Fsp3) is 0.500. The van der Waals surface area contributed by atoms with Crippen LogP contribution < -0.4 is 5.32 Å². The van der Waals surface area contributed by atoms with Crippen LogP contribution in [0.25, 0.3) is 5.95 Å². The molecule has 0 saturated heterocycles. The van der Waals surface area contributed by atoms with E-state index in [4.69, 9.17) is 0 Å². The van der Waals surface area contributed by atoms with E-state index in [9.17, 15) is 0 Å². The molecule has 0 saturated carbocycles. The van der Waals surface area contributed by atoms with Crippen molar-refractivity contribution in [2.24, 2.45) is 0 Å². The molecule has 0 unspecified atom stereocenters. The molecule has 0 aliphatic carbocycles. The van der Waals surface area contributed by atoms with Crippen LogP contribution in [-0.4, -0.2) is 25.3 Å². The third-order valence-corrected chi connectivity index (χ3v) is 4.05. The smallest absolute Gasteiger partial charge is 0.250 e. The molecule has 0 fully saturated rings. The summed E-state index contributed by atoms with van der Waals surface area (Å²) in [5.41, 5.74) is 3.08. The first kappa shape index (κ1) is 15.1. The van der Waals surface area contributed by atoms with Gasteiger partial charge in [-0.15, -0.1) is 0 Å². The summed E-state index contributed by atoms with van der Waals surface area (Å²) in [5, 5.41) is 7.84. The molecule has 0 amide bonds. The van der Waals surface area contributed by atoms with Gasteiger partial charge in [0.25, 0.3) is 5.95 Å². The SMILES string of the molecule is Cc1nn(-c2ncc(CNC(C)(C)C)cn2)c(C)c1Br. The fourth-order valence-corrected chi connectivity index (χ4v) is 1.98. The fourth-order valence-electron chi connectivity index (χ4n) is 1.73. The van der Waals surface area contributed by atoms with E-state index in [0.29, 0.717) is 5.95 Å². The molecule has 2 aromatic heterocycles. The van der Waals surface area contributed by atoms with E-state index in [-0.39, 0.29) is 5.54 Å². The first-order valence-corrected chi connectivity index (χ1v) is 7.35. The second-order valence-corrected chi connectivity index (χ2v) is 6.68. The minimum absolute atomic E-state index is 0.0826. The van der Waals surface area contributed by atoms with Crippen LogP contribution in [0.5, 0.6) is 0 Å². The Kier molecular flexibility index (Phi) is 4.25. The van der Waals surface area contributed by atoms with Crippen LogP contribution in [0.4, 0.5) is 0 Å². The highest BCUT2D eigenvalue weighted by Gasteiger charge is 2.13. The Morgan fingerprint density at radius 1 is 1.20 bits per heavy atom. The highest BCUT2D eigenvalue weighted by molar-refractivity contribution is 9.10. The molecular weight excluding hydrogens is 318 g/mol. The molecule has 6 heteroatoms. The second-order valence-electron chi connectivity index (χ2n) is 5.89. The molecule has 0 aliphatic rings. The van der Waals surface area contributed by atoms with Gasteiger partial charge in [-0.25, -0.2) is 14.6 Å². The van der Waals surface area contributed by atoms with Gasteiger partial charge in [0.2, 0.25) is 0 Å². The van der Waals surface area contributed by atoms with Crippen LogP contribution in [-0.2, 0) is 6.54 Å². The first-order valence-electron chi connectivity index (χ1n) is 6.56. The summed E-state index contributed by atoms with van der Waals surface area (Å²) in [7, 11) is 0. The van der Waals surface area contributed by atoms with E-state index in [0.717, 1.165) is 28.0 Å². The highest BCUT2D eigenvalue weighted by Crippen LogP contribution is 2.21. The lowest BCUT2D eigenvalue weighted by Crippen LogP contribution is -2.35.